The van der Waals surface area contributed by atoms with Crippen molar-refractivity contribution in [2.75, 3.05) is 12.4 Å². The van der Waals surface area contributed by atoms with Crippen molar-refractivity contribution in [1.82, 2.24) is 4.98 Å². The standard InChI is InChI=1S/C10H11FN2O4/c1-6(14)13-9-8(11)7(3-4-12-9)5-17-10(15)16-2/h3-4H,5H2,1-2H3,(H,12,13,14). The molecule has 0 radical (unpaired) electrons. The SMILES string of the molecule is COC(=O)OCc1ccnc(NC(C)=O)c1F. The molecule has 17 heavy (non-hydrogen) atoms. The van der Waals surface area contributed by atoms with E-state index in [1.165, 1.54) is 19.2 Å². The number of methoxy groups -OCH3 is 1. The summed E-state index contributed by atoms with van der Waals surface area (Å²) < 4.78 is 22.5. The molecular weight excluding hydrogens is 231 g/mol. The number of carbonyl (C=O) groups is 2. The summed E-state index contributed by atoms with van der Waals surface area (Å²) in [6, 6.07) is 1.34. The fraction of sp³-hybridized carbons (Fsp3) is 0.300. The van der Waals surface area contributed by atoms with Gasteiger partial charge in [-0.1, -0.05) is 0 Å². The highest BCUT2D eigenvalue weighted by Gasteiger charge is 2.12. The number of nitrogens with one attached hydrogen (secondary N) is 1. The fourth-order valence-corrected chi connectivity index (χ4v) is 1.04. The van der Waals surface area contributed by atoms with Crippen molar-refractivity contribution in [1.29, 1.82) is 0 Å². The third-order valence-electron chi connectivity index (χ3n) is 1.78. The third-order valence-corrected chi connectivity index (χ3v) is 1.78. The number of hydrogen-bond acceptors (Lipinski definition) is 5. The van der Waals surface area contributed by atoms with Crippen LogP contribution in [0.4, 0.5) is 15.0 Å². The Morgan fingerprint density at radius 3 is 2.82 bits per heavy atom. The number of amides is 1. The van der Waals surface area contributed by atoms with Crippen LogP contribution in [0.25, 0.3) is 0 Å². The van der Waals surface area contributed by atoms with Crippen molar-refractivity contribution in [2.24, 2.45) is 0 Å². The maximum atomic E-state index is 13.7. The summed E-state index contributed by atoms with van der Waals surface area (Å²) >= 11 is 0. The molecule has 0 saturated heterocycles. The Hall–Kier alpha value is -2.18. The van der Waals surface area contributed by atoms with E-state index in [2.05, 4.69) is 19.8 Å². The quantitative estimate of drug-likeness (QED) is 0.812. The van der Waals surface area contributed by atoms with Gasteiger partial charge in [0.15, 0.2) is 11.6 Å². The molecule has 0 aliphatic carbocycles. The fourth-order valence-electron chi connectivity index (χ4n) is 1.04. The molecule has 92 valence electrons. The van der Waals surface area contributed by atoms with Crippen molar-refractivity contribution in [2.45, 2.75) is 13.5 Å². The van der Waals surface area contributed by atoms with Gasteiger partial charge < -0.3 is 14.8 Å². The minimum Gasteiger partial charge on any atom is -0.438 e. The Balaban J connectivity index is 2.79. The number of hydrogen-bond donors (Lipinski definition) is 1. The highest BCUT2D eigenvalue weighted by molar-refractivity contribution is 5.87. The molecular formula is C10H11FN2O4. The molecule has 1 aromatic rings. The summed E-state index contributed by atoms with van der Waals surface area (Å²) in [7, 11) is 1.15. The minimum absolute atomic E-state index is 0.0918. The molecule has 0 unspecified atom stereocenters. The van der Waals surface area contributed by atoms with Crippen LogP contribution in [0.1, 0.15) is 12.5 Å². The Morgan fingerprint density at radius 2 is 2.24 bits per heavy atom. The lowest BCUT2D eigenvalue weighted by Crippen LogP contribution is -2.11. The van der Waals surface area contributed by atoms with Crippen molar-refractivity contribution < 1.29 is 23.5 Å². The number of aromatic nitrogens is 1. The van der Waals surface area contributed by atoms with E-state index in [-0.39, 0.29) is 18.0 Å². The number of nitrogens with zero attached hydrogens (tertiary/aromatic N) is 1. The number of rotatable bonds is 3. The van der Waals surface area contributed by atoms with Gasteiger partial charge in [0.25, 0.3) is 0 Å². The first-order chi connectivity index (χ1) is 8.04. The van der Waals surface area contributed by atoms with Gasteiger partial charge in [0, 0.05) is 18.7 Å². The Kier molecular flexibility index (Phi) is 4.38. The number of anilines is 1. The summed E-state index contributed by atoms with van der Waals surface area (Å²) in [6.07, 6.45) is 0.381. The molecule has 7 heteroatoms. The molecule has 1 N–H and O–H groups in total. The monoisotopic (exact) mass is 242 g/mol. The van der Waals surface area contributed by atoms with Gasteiger partial charge in [0.2, 0.25) is 5.91 Å². The van der Waals surface area contributed by atoms with E-state index in [1.807, 2.05) is 0 Å². The molecule has 1 amide bonds. The average Bonchev–Trinajstić information content (AvgIpc) is 2.29. The van der Waals surface area contributed by atoms with E-state index in [4.69, 9.17) is 0 Å². The van der Waals surface area contributed by atoms with Gasteiger partial charge in [-0.3, -0.25) is 4.79 Å². The maximum Gasteiger partial charge on any atom is 0.508 e. The number of halogens is 1. The van der Waals surface area contributed by atoms with E-state index < -0.39 is 17.9 Å². The molecule has 0 atom stereocenters. The second kappa shape index (κ2) is 5.78. The molecule has 0 aromatic carbocycles. The van der Waals surface area contributed by atoms with Crippen LogP contribution < -0.4 is 5.32 Å². The van der Waals surface area contributed by atoms with Gasteiger partial charge in [0.05, 0.1) is 7.11 Å². The van der Waals surface area contributed by atoms with Crippen molar-refractivity contribution in [3.05, 3.63) is 23.6 Å². The van der Waals surface area contributed by atoms with Crippen LogP contribution in [0.5, 0.6) is 0 Å². The molecule has 0 bridgehead atoms. The van der Waals surface area contributed by atoms with Crippen molar-refractivity contribution >= 4 is 17.9 Å². The van der Waals surface area contributed by atoms with Gasteiger partial charge in [-0.25, -0.2) is 14.2 Å². The maximum absolute atomic E-state index is 13.7. The predicted octanol–water partition coefficient (Wildman–Crippen LogP) is 1.46. The lowest BCUT2D eigenvalue weighted by Gasteiger charge is -2.07. The predicted molar refractivity (Wildman–Crippen MR) is 55.7 cm³/mol. The summed E-state index contributed by atoms with van der Waals surface area (Å²) in [5.74, 6) is -1.39. The second-order valence-electron chi connectivity index (χ2n) is 3.06. The molecule has 1 aromatic heterocycles. The molecule has 1 rings (SSSR count). The molecule has 1 heterocycles. The lowest BCUT2D eigenvalue weighted by atomic mass is 10.2. The van der Waals surface area contributed by atoms with Crippen molar-refractivity contribution in [3.63, 3.8) is 0 Å². The molecule has 0 saturated carbocycles. The third kappa shape index (κ3) is 3.71. The highest BCUT2D eigenvalue weighted by atomic mass is 19.1. The van der Waals surface area contributed by atoms with E-state index >= 15 is 0 Å². The van der Waals surface area contributed by atoms with Gasteiger partial charge in [-0.15, -0.1) is 0 Å². The van der Waals surface area contributed by atoms with Gasteiger partial charge in [-0.2, -0.15) is 0 Å². The lowest BCUT2D eigenvalue weighted by molar-refractivity contribution is -0.114. The Morgan fingerprint density at radius 1 is 1.53 bits per heavy atom. The average molecular weight is 242 g/mol. The van der Waals surface area contributed by atoms with Crippen LogP contribution in [-0.2, 0) is 20.9 Å². The zero-order valence-corrected chi connectivity index (χ0v) is 9.32. The van der Waals surface area contributed by atoms with E-state index in [0.29, 0.717) is 0 Å². The zero-order valence-electron chi connectivity index (χ0n) is 9.32. The van der Waals surface area contributed by atoms with E-state index in [1.54, 1.807) is 0 Å². The molecule has 0 aliphatic rings. The highest BCUT2D eigenvalue weighted by Crippen LogP contribution is 2.15. The Labute approximate surface area is 96.7 Å². The first kappa shape index (κ1) is 12.9. The van der Waals surface area contributed by atoms with E-state index in [0.717, 1.165) is 7.11 Å². The Bertz CT molecular complexity index is 436. The van der Waals surface area contributed by atoms with Crippen LogP contribution >= 0.6 is 0 Å². The smallest absolute Gasteiger partial charge is 0.438 e. The first-order valence-electron chi connectivity index (χ1n) is 4.66. The van der Waals surface area contributed by atoms with Crippen LogP contribution in [0.2, 0.25) is 0 Å². The number of carbonyl (C=O) groups excluding carboxylic acids is 2. The minimum atomic E-state index is -0.915. The van der Waals surface area contributed by atoms with Crippen LogP contribution in [0, 0.1) is 5.82 Å². The molecule has 0 aliphatic heterocycles. The second-order valence-corrected chi connectivity index (χ2v) is 3.06. The summed E-state index contributed by atoms with van der Waals surface area (Å²) in [4.78, 5) is 25.1. The zero-order chi connectivity index (χ0) is 12.8. The summed E-state index contributed by atoms with van der Waals surface area (Å²) in [6.45, 7) is 0.937. The van der Waals surface area contributed by atoms with Crippen LogP contribution in [0.3, 0.4) is 0 Å². The molecule has 0 spiro atoms. The summed E-state index contributed by atoms with van der Waals surface area (Å²) in [5, 5.41) is 2.22. The largest absolute Gasteiger partial charge is 0.508 e. The van der Waals surface area contributed by atoms with Gasteiger partial charge >= 0.3 is 6.16 Å². The van der Waals surface area contributed by atoms with Crippen LogP contribution in [-0.4, -0.2) is 24.2 Å². The van der Waals surface area contributed by atoms with Gasteiger partial charge in [0.1, 0.15) is 6.61 Å². The number of pyridine rings is 1. The normalized spacial score (nSPS) is 9.59. The van der Waals surface area contributed by atoms with Gasteiger partial charge in [-0.05, 0) is 6.07 Å². The first-order valence-corrected chi connectivity index (χ1v) is 4.66. The molecule has 6 nitrogen and oxygen atoms in total. The molecule has 0 fully saturated rings. The number of ether oxygens (including phenoxy) is 2. The topological polar surface area (TPSA) is 77.5 Å². The van der Waals surface area contributed by atoms with E-state index in [9.17, 15) is 14.0 Å². The van der Waals surface area contributed by atoms with Crippen LogP contribution in [0.15, 0.2) is 12.3 Å². The summed E-state index contributed by atoms with van der Waals surface area (Å²) in [5.41, 5.74) is 0.0918. The van der Waals surface area contributed by atoms with Crippen molar-refractivity contribution in [3.8, 4) is 0 Å².